The van der Waals surface area contributed by atoms with Crippen LogP contribution in [0.4, 0.5) is 4.39 Å². The van der Waals surface area contributed by atoms with Crippen molar-refractivity contribution in [2.75, 3.05) is 0 Å². The molecule has 5 aromatic rings. The Hall–Kier alpha value is -3.87. The lowest BCUT2D eigenvalue weighted by atomic mass is 9.90. The highest BCUT2D eigenvalue weighted by Crippen LogP contribution is 2.28. The summed E-state index contributed by atoms with van der Waals surface area (Å²) in [6.07, 6.45) is 4.90. The number of aryl methyl sites for hydroxylation is 1. The number of aromatic nitrogens is 5. The average molecular weight is 638 g/mol. The number of nitrogens with one attached hydrogen (secondary N) is 1. The Labute approximate surface area is 235 Å². The van der Waals surface area contributed by atoms with E-state index in [0.29, 0.717) is 42.7 Å². The second-order valence-electron chi connectivity index (χ2n) is 9.80. The Bertz CT molecular complexity index is 1870. The minimum absolute atomic E-state index is 0.0472. The van der Waals surface area contributed by atoms with Gasteiger partial charge in [-0.3, -0.25) is 14.2 Å². The van der Waals surface area contributed by atoms with E-state index in [0.717, 1.165) is 21.5 Å². The van der Waals surface area contributed by atoms with Crippen LogP contribution in [0.1, 0.15) is 47.9 Å². The van der Waals surface area contributed by atoms with Gasteiger partial charge in [0.25, 0.3) is 11.5 Å². The predicted molar refractivity (Wildman–Crippen MR) is 153 cm³/mol. The maximum absolute atomic E-state index is 14.1. The highest BCUT2D eigenvalue weighted by atomic mass is 127. The smallest absolute Gasteiger partial charge is 0.337 e. The number of fused-ring (bicyclic) bond motifs is 2. The van der Waals surface area contributed by atoms with Gasteiger partial charge < -0.3 is 9.72 Å². The summed E-state index contributed by atoms with van der Waals surface area (Å²) < 4.78 is 19.5. The Balaban J connectivity index is 1.28. The van der Waals surface area contributed by atoms with Crippen molar-refractivity contribution in [3.63, 3.8) is 0 Å². The van der Waals surface area contributed by atoms with E-state index in [-0.39, 0.29) is 23.0 Å². The van der Waals surface area contributed by atoms with Crippen LogP contribution < -0.4 is 16.6 Å². The fourth-order valence-electron chi connectivity index (χ4n) is 5.35. The van der Waals surface area contributed by atoms with E-state index in [9.17, 15) is 18.8 Å². The van der Waals surface area contributed by atoms with Crippen molar-refractivity contribution in [2.24, 2.45) is 0 Å². The van der Waals surface area contributed by atoms with Crippen molar-refractivity contribution in [2.45, 2.75) is 44.7 Å². The molecule has 4 heterocycles. The molecule has 0 saturated heterocycles. The molecule has 1 amide bonds. The maximum atomic E-state index is 14.1. The number of hydrogen-bond donors (Lipinski definition) is 1. The molecule has 0 atom stereocenters. The molecule has 1 N–H and O–H groups in total. The summed E-state index contributed by atoms with van der Waals surface area (Å²) >= 11 is 2.15. The van der Waals surface area contributed by atoms with Crippen LogP contribution in [0.3, 0.4) is 0 Å². The van der Waals surface area contributed by atoms with Crippen molar-refractivity contribution < 1.29 is 9.18 Å². The van der Waals surface area contributed by atoms with Gasteiger partial charge in [-0.15, -0.1) is 0 Å². The van der Waals surface area contributed by atoms with E-state index >= 15 is 0 Å². The van der Waals surface area contributed by atoms with Gasteiger partial charge in [0.2, 0.25) is 0 Å². The molecule has 0 aliphatic heterocycles. The van der Waals surface area contributed by atoms with Crippen LogP contribution in [-0.2, 0) is 0 Å². The summed E-state index contributed by atoms with van der Waals surface area (Å²) in [6, 6.07) is 13.6. The minimum atomic E-state index is -0.646. The molecule has 1 aromatic carbocycles. The highest BCUT2D eigenvalue weighted by Gasteiger charge is 2.28. The van der Waals surface area contributed by atoms with Crippen LogP contribution in [0, 0.1) is 16.3 Å². The van der Waals surface area contributed by atoms with Crippen LogP contribution in [-0.4, -0.2) is 35.5 Å². The van der Waals surface area contributed by atoms with Crippen LogP contribution in [0.25, 0.3) is 22.4 Å². The lowest BCUT2D eigenvalue weighted by Gasteiger charge is -2.30. The summed E-state index contributed by atoms with van der Waals surface area (Å²) in [4.78, 5) is 48.7. The van der Waals surface area contributed by atoms with Crippen molar-refractivity contribution in [1.29, 1.82) is 0 Å². The molecule has 4 aromatic heterocycles. The highest BCUT2D eigenvalue weighted by molar-refractivity contribution is 14.1. The first kappa shape index (κ1) is 25.4. The van der Waals surface area contributed by atoms with E-state index in [1.807, 2.05) is 47.7 Å². The van der Waals surface area contributed by atoms with Gasteiger partial charge >= 0.3 is 5.69 Å². The van der Waals surface area contributed by atoms with Crippen LogP contribution >= 0.6 is 22.6 Å². The third-order valence-electron chi connectivity index (χ3n) is 7.28. The van der Waals surface area contributed by atoms with Gasteiger partial charge in [-0.25, -0.2) is 23.7 Å². The molecular weight excluding hydrogens is 614 g/mol. The second kappa shape index (κ2) is 10.0. The van der Waals surface area contributed by atoms with Gasteiger partial charge in [-0.05, 0) is 91.6 Å². The van der Waals surface area contributed by atoms with Crippen molar-refractivity contribution >= 4 is 45.2 Å². The number of carbonyl (C=O) groups is 1. The molecule has 0 bridgehead atoms. The topological polar surface area (TPSA) is 103 Å². The van der Waals surface area contributed by atoms with E-state index in [2.05, 4.69) is 37.9 Å². The Morgan fingerprint density at radius 1 is 1.08 bits per heavy atom. The normalized spacial score (nSPS) is 17.5. The van der Waals surface area contributed by atoms with Crippen LogP contribution in [0.5, 0.6) is 0 Å². The number of amides is 1. The molecule has 1 saturated carbocycles. The molecule has 39 heavy (non-hydrogen) atoms. The number of benzene rings is 1. The fraction of sp³-hybridized carbons (Fsp3) is 0.250. The maximum Gasteiger partial charge on any atom is 0.337 e. The number of hydrogen-bond acceptors (Lipinski definition) is 5. The van der Waals surface area contributed by atoms with Gasteiger partial charge in [-0.2, -0.15) is 0 Å². The van der Waals surface area contributed by atoms with E-state index in [1.54, 1.807) is 12.3 Å². The summed E-state index contributed by atoms with van der Waals surface area (Å²) in [5, 5.41) is 3.10. The Morgan fingerprint density at radius 2 is 1.85 bits per heavy atom. The number of imidazole rings is 1. The lowest BCUT2D eigenvalue weighted by Crippen LogP contribution is -2.45. The monoisotopic (exact) mass is 638 g/mol. The molecular formula is C28H24FIN6O3. The molecule has 11 heteroatoms. The zero-order chi connectivity index (χ0) is 27.3. The van der Waals surface area contributed by atoms with E-state index in [4.69, 9.17) is 0 Å². The standard InChI is InChI=1S/C28H24FIN6O3/c1-16-4-2-7-24-33-23(15-34(16)24)26(37)32-19-8-10-20(11-9-19)36-27(38)22-12-17(29)14-31-25(22)35(28(36)39)21-6-3-5-18(30)13-21/h2-7,12-15,19-20H,8-11H2,1H3,(H,32,37)/t19-,20+. The van der Waals surface area contributed by atoms with E-state index < -0.39 is 23.1 Å². The fourth-order valence-corrected chi connectivity index (χ4v) is 5.87. The number of halogens is 2. The lowest BCUT2D eigenvalue weighted by molar-refractivity contribution is 0.0917. The third kappa shape index (κ3) is 4.64. The average Bonchev–Trinajstić information content (AvgIpc) is 3.36. The number of rotatable bonds is 4. The largest absolute Gasteiger partial charge is 0.348 e. The molecule has 0 unspecified atom stereocenters. The second-order valence-corrected chi connectivity index (χ2v) is 11.0. The van der Waals surface area contributed by atoms with Gasteiger partial charge in [0, 0.05) is 27.5 Å². The predicted octanol–water partition coefficient (Wildman–Crippen LogP) is 4.16. The van der Waals surface area contributed by atoms with Crippen molar-refractivity contribution in [1.82, 2.24) is 28.8 Å². The summed E-state index contributed by atoms with van der Waals surface area (Å²) in [5.41, 5.74) is 1.62. The first-order valence-corrected chi connectivity index (χ1v) is 13.7. The van der Waals surface area contributed by atoms with E-state index in [1.165, 1.54) is 9.13 Å². The summed E-state index contributed by atoms with van der Waals surface area (Å²) in [6.45, 7) is 1.95. The van der Waals surface area contributed by atoms with Crippen molar-refractivity contribution in [3.8, 4) is 5.69 Å². The molecule has 0 radical (unpaired) electrons. The third-order valence-corrected chi connectivity index (χ3v) is 7.95. The van der Waals surface area contributed by atoms with Gasteiger partial charge in [0.15, 0.2) is 5.65 Å². The van der Waals surface area contributed by atoms with Crippen LogP contribution in [0.15, 0.2) is 70.5 Å². The molecule has 1 aliphatic carbocycles. The molecule has 1 aliphatic rings. The molecule has 9 nitrogen and oxygen atoms in total. The number of pyridine rings is 2. The molecule has 6 rings (SSSR count). The van der Waals surface area contributed by atoms with Crippen LogP contribution in [0.2, 0.25) is 0 Å². The first-order valence-electron chi connectivity index (χ1n) is 12.6. The van der Waals surface area contributed by atoms with Crippen molar-refractivity contribution in [3.05, 3.63) is 103 Å². The number of carbonyl (C=O) groups excluding carboxylic acids is 1. The SMILES string of the molecule is Cc1cccc2nc(C(=O)N[C@H]3CC[C@@H](n4c(=O)c5cc(F)cnc5n(-c5cccc(I)c5)c4=O)CC3)cn12. The summed E-state index contributed by atoms with van der Waals surface area (Å²) in [5.74, 6) is -0.903. The van der Waals surface area contributed by atoms with Gasteiger partial charge in [0.05, 0.1) is 17.3 Å². The zero-order valence-electron chi connectivity index (χ0n) is 21.0. The Morgan fingerprint density at radius 3 is 2.59 bits per heavy atom. The zero-order valence-corrected chi connectivity index (χ0v) is 23.1. The number of nitrogens with zero attached hydrogens (tertiary/aromatic N) is 5. The molecule has 0 spiro atoms. The quantitative estimate of drug-likeness (QED) is 0.298. The van der Waals surface area contributed by atoms with Gasteiger partial charge in [0.1, 0.15) is 17.2 Å². The molecule has 198 valence electrons. The summed E-state index contributed by atoms with van der Waals surface area (Å²) in [7, 11) is 0. The minimum Gasteiger partial charge on any atom is -0.348 e. The molecule has 1 fully saturated rings. The van der Waals surface area contributed by atoms with Gasteiger partial charge in [-0.1, -0.05) is 12.1 Å². The first-order chi connectivity index (χ1) is 18.8. The Kier molecular flexibility index (Phi) is 6.53.